The maximum atomic E-state index is 13.5. The SMILES string of the molecule is O=P(Cc1ccccc1)(OCCc1ccc2ccccc2c1)OCc1ccccc1. The molecule has 4 aromatic carbocycles. The van der Waals surface area contributed by atoms with Gasteiger partial charge in [0.1, 0.15) is 0 Å². The van der Waals surface area contributed by atoms with Crippen molar-refractivity contribution >= 4 is 18.4 Å². The average Bonchev–Trinajstić information content (AvgIpc) is 2.79. The summed E-state index contributed by atoms with van der Waals surface area (Å²) >= 11 is 0. The van der Waals surface area contributed by atoms with Gasteiger partial charge in [0, 0.05) is 0 Å². The van der Waals surface area contributed by atoms with Gasteiger partial charge in [-0.3, -0.25) is 4.57 Å². The molecule has 1 unspecified atom stereocenters. The molecule has 0 spiro atoms. The molecule has 0 amide bonds. The monoisotopic (exact) mass is 416 g/mol. The lowest BCUT2D eigenvalue weighted by molar-refractivity contribution is 0.198. The van der Waals surface area contributed by atoms with Crippen molar-refractivity contribution in [3.63, 3.8) is 0 Å². The minimum atomic E-state index is -3.29. The van der Waals surface area contributed by atoms with E-state index in [0.29, 0.717) is 13.0 Å². The van der Waals surface area contributed by atoms with Crippen LogP contribution in [0.3, 0.4) is 0 Å². The third-order valence-corrected chi connectivity index (χ3v) is 6.83. The van der Waals surface area contributed by atoms with Gasteiger partial charge in [-0.25, -0.2) is 0 Å². The second kappa shape index (κ2) is 9.86. The summed E-state index contributed by atoms with van der Waals surface area (Å²) in [6.45, 7) is 0.609. The van der Waals surface area contributed by atoms with Crippen LogP contribution in [0.25, 0.3) is 10.8 Å². The summed E-state index contributed by atoms with van der Waals surface area (Å²) in [5.41, 5.74) is 3.08. The first-order chi connectivity index (χ1) is 14.7. The van der Waals surface area contributed by atoms with Gasteiger partial charge in [-0.2, -0.15) is 0 Å². The fourth-order valence-electron chi connectivity index (χ4n) is 3.38. The molecule has 0 aromatic heterocycles. The third-order valence-electron chi connectivity index (χ3n) is 4.98. The van der Waals surface area contributed by atoms with E-state index in [0.717, 1.165) is 16.7 Å². The number of hydrogen-bond donors (Lipinski definition) is 0. The minimum absolute atomic E-state index is 0.262. The maximum Gasteiger partial charge on any atom is 0.335 e. The highest BCUT2D eigenvalue weighted by atomic mass is 31.2. The Morgan fingerprint density at radius 3 is 1.97 bits per heavy atom. The molecule has 4 rings (SSSR count). The van der Waals surface area contributed by atoms with E-state index in [-0.39, 0.29) is 12.8 Å². The first-order valence-electron chi connectivity index (χ1n) is 10.1. The Bertz CT molecular complexity index is 1130. The maximum absolute atomic E-state index is 13.5. The van der Waals surface area contributed by atoms with Gasteiger partial charge < -0.3 is 9.05 Å². The Kier molecular flexibility index (Phi) is 6.76. The van der Waals surface area contributed by atoms with E-state index in [2.05, 4.69) is 30.3 Å². The second-order valence-electron chi connectivity index (χ2n) is 7.28. The van der Waals surface area contributed by atoms with Gasteiger partial charge in [0.15, 0.2) is 0 Å². The molecule has 0 saturated carbocycles. The molecule has 0 bridgehead atoms. The van der Waals surface area contributed by atoms with Crippen molar-refractivity contribution in [3.05, 3.63) is 120 Å². The van der Waals surface area contributed by atoms with Crippen LogP contribution in [-0.4, -0.2) is 6.61 Å². The fraction of sp³-hybridized carbons (Fsp3) is 0.154. The standard InChI is InChI=1S/C26H25O3P/c27-30(21-24-11-5-2-6-12-24,29-20-23-9-3-1-4-10-23)28-18-17-22-15-16-25-13-7-8-14-26(25)19-22/h1-16,19H,17-18,20-21H2. The number of rotatable bonds is 9. The van der Waals surface area contributed by atoms with Gasteiger partial charge in [0.05, 0.1) is 19.4 Å². The van der Waals surface area contributed by atoms with Crippen LogP contribution < -0.4 is 0 Å². The molecule has 4 heteroatoms. The van der Waals surface area contributed by atoms with Crippen molar-refractivity contribution in [1.82, 2.24) is 0 Å². The van der Waals surface area contributed by atoms with E-state index >= 15 is 0 Å². The zero-order valence-electron chi connectivity index (χ0n) is 16.8. The van der Waals surface area contributed by atoms with Crippen LogP contribution in [0.5, 0.6) is 0 Å². The average molecular weight is 416 g/mol. The molecule has 0 N–H and O–H groups in total. The fourth-order valence-corrected chi connectivity index (χ4v) is 5.01. The van der Waals surface area contributed by atoms with Crippen LogP contribution >= 0.6 is 7.60 Å². The largest absolute Gasteiger partial charge is 0.335 e. The van der Waals surface area contributed by atoms with E-state index in [1.54, 1.807) is 0 Å². The predicted molar refractivity (Wildman–Crippen MR) is 123 cm³/mol. The van der Waals surface area contributed by atoms with Crippen LogP contribution in [0.1, 0.15) is 16.7 Å². The lowest BCUT2D eigenvalue weighted by Gasteiger charge is -2.19. The third kappa shape index (κ3) is 5.67. The second-order valence-corrected chi connectivity index (χ2v) is 9.33. The van der Waals surface area contributed by atoms with Crippen molar-refractivity contribution in [2.45, 2.75) is 19.2 Å². The van der Waals surface area contributed by atoms with Crippen molar-refractivity contribution in [2.75, 3.05) is 6.61 Å². The van der Waals surface area contributed by atoms with Crippen molar-refractivity contribution in [3.8, 4) is 0 Å². The van der Waals surface area contributed by atoms with Gasteiger partial charge in [-0.1, -0.05) is 103 Å². The molecule has 0 aliphatic rings. The summed E-state index contributed by atoms with van der Waals surface area (Å²) in [6.07, 6.45) is 0.941. The molecule has 0 aliphatic heterocycles. The van der Waals surface area contributed by atoms with E-state index < -0.39 is 7.60 Å². The molecule has 152 valence electrons. The molecule has 0 aliphatic carbocycles. The highest BCUT2D eigenvalue weighted by Crippen LogP contribution is 2.52. The molecule has 4 aromatic rings. The smallest absolute Gasteiger partial charge is 0.308 e. The molecule has 0 radical (unpaired) electrons. The summed E-state index contributed by atoms with van der Waals surface area (Å²) in [5.74, 6) is 0. The molecule has 3 nitrogen and oxygen atoms in total. The molecular formula is C26H25O3P. The summed E-state index contributed by atoms with van der Waals surface area (Å²) in [4.78, 5) is 0. The highest BCUT2D eigenvalue weighted by Gasteiger charge is 2.25. The molecular weight excluding hydrogens is 391 g/mol. The van der Waals surface area contributed by atoms with Crippen LogP contribution in [0, 0.1) is 0 Å². The summed E-state index contributed by atoms with van der Waals surface area (Å²) < 4.78 is 25.3. The van der Waals surface area contributed by atoms with E-state index in [1.807, 2.05) is 72.8 Å². The van der Waals surface area contributed by atoms with E-state index in [1.165, 1.54) is 10.8 Å². The lowest BCUT2D eigenvalue weighted by atomic mass is 10.1. The molecule has 0 saturated heterocycles. The van der Waals surface area contributed by atoms with Crippen molar-refractivity contribution < 1.29 is 13.6 Å². The number of fused-ring (bicyclic) bond motifs is 1. The van der Waals surface area contributed by atoms with Crippen LogP contribution in [0.2, 0.25) is 0 Å². The summed E-state index contributed by atoms with van der Waals surface area (Å²) in [5, 5.41) is 2.41. The minimum Gasteiger partial charge on any atom is -0.308 e. The zero-order valence-corrected chi connectivity index (χ0v) is 17.7. The Balaban J connectivity index is 1.43. The summed E-state index contributed by atoms with van der Waals surface area (Å²) in [7, 11) is -3.29. The Hall–Kier alpha value is -2.71. The normalized spacial score (nSPS) is 13.2. The first-order valence-corrected chi connectivity index (χ1v) is 11.9. The Morgan fingerprint density at radius 2 is 1.23 bits per heavy atom. The number of benzene rings is 4. The van der Waals surface area contributed by atoms with Crippen molar-refractivity contribution in [2.24, 2.45) is 0 Å². The van der Waals surface area contributed by atoms with Crippen LogP contribution in [-0.2, 0) is 32.8 Å². The molecule has 30 heavy (non-hydrogen) atoms. The Labute approximate surface area is 177 Å². The Morgan fingerprint density at radius 1 is 0.600 bits per heavy atom. The van der Waals surface area contributed by atoms with Crippen LogP contribution in [0.4, 0.5) is 0 Å². The van der Waals surface area contributed by atoms with E-state index in [9.17, 15) is 4.57 Å². The van der Waals surface area contributed by atoms with Crippen molar-refractivity contribution in [1.29, 1.82) is 0 Å². The van der Waals surface area contributed by atoms with E-state index in [4.69, 9.17) is 9.05 Å². The zero-order chi connectivity index (χ0) is 20.7. The molecule has 0 heterocycles. The molecule has 1 atom stereocenters. The van der Waals surface area contributed by atoms with Gasteiger partial charge >= 0.3 is 7.60 Å². The van der Waals surface area contributed by atoms with Gasteiger partial charge in [0.25, 0.3) is 0 Å². The highest BCUT2D eigenvalue weighted by molar-refractivity contribution is 7.53. The first kappa shape index (κ1) is 20.6. The molecule has 0 fully saturated rings. The topological polar surface area (TPSA) is 35.5 Å². The van der Waals surface area contributed by atoms with Gasteiger partial charge in [-0.05, 0) is 33.9 Å². The predicted octanol–water partition coefficient (Wildman–Crippen LogP) is 7.01. The van der Waals surface area contributed by atoms with Gasteiger partial charge in [0.2, 0.25) is 0 Å². The van der Waals surface area contributed by atoms with Gasteiger partial charge in [-0.15, -0.1) is 0 Å². The number of hydrogen-bond acceptors (Lipinski definition) is 3. The van der Waals surface area contributed by atoms with Crippen LogP contribution in [0.15, 0.2) is 103 Å². The quantitative estimate of drug-likeness (QED) is 0.275. The summed E-state index contributed by atoms with van der Waals surface area (Å²) in [6, 6.07) is 34.1. The lowest BCUT2D eigenvalue weighted by Crippen LogP contribution is -2.03.